The molecule has 1 fully saturated rings. The van der Waals surface area contributed by atoms with Crippen LogP contribution in [0.3, 0.4) is 0 Å². The van der Waals surface area contributed by atoms with E-state index in [0.717, 1.165) is 5.56 Å². The van der Waals surface area contributed by atoms with Crippen molar-refractivity contribution in [3.63, 3.8) is 0 Å². The first-order valence-corrected chi connectivity index (χ1v) is 11.8. The third kappa shape index (κ3) is 4.78. The summed E-state index contributed by atoms with van der Waals surface area (Å²) < 4.78 is 10.6. The van der Waals surface area contributed by atoms with Gasteiger partial charge in [0, 0.05) is 30.0 Å². The fourth-order valence-electron chi connectivity index (χ4n) is 3.58. The van der Waals surface area contributed by atoms with Gasteiger partial charge in [-0.1, -0.05) is 24.3 Å². The van der Waals surface area contributed by atoms with Crippen LogP contribution >= 0.6 is 23.4 Å². The molecule has 0 aromatic heterocycles. The topological polar surface area (TPSA) is 111 Å². The number of nitrogens with zero attached hydrogens (tertiary/aromatic N) is 3. The lowest BCUT2D eigenvalue weighted by atomic mass is 10.0. The van der Waals surface area contributed by atoms with E-state index >= 15 is 0 Å². The second-order valence-electron chi connectivity index (χ2n) is 7.49. The van der Waals surface area contributed by atoms with E-state index in [1.165, 1.54) is 35.0 Å². The van der Waals surface area contributed by atoms with E-state index in [1.54, 1.807) is 43.5 Å². The summed E-state index contributed by atoms with van der Waals surface area (Å²) in [5, 5.41) is 10.6. The number of β-lactam (4-membered cyclic amide) rings is 1. The summed E-state index contributed by atoms with van der Waals surface area (Å²) >= 11 is 7.52. The van der Waals surface area contributed by atoms with Gasteiger partial charge in [-0.05, 0) is 28.8 Å². The van der Waals surface area contributed by atoms with Gasteiger partial charge in [0.05, 0.1) is 12.0 Å². The number of esters is 1. The van der Waals surface area contributed by atoms with Gasteiger partial charge >= 0.3 is 5.97 Å². The van der Waals surface area contributed by atoms with Gasteiger partial charge in [-0.3, -0.25) is 24.8 Å². The van der Waals surface area contributed by atoms with Crippen molar-refractivity contribution >= 4 is 47.1 Å². The van der Waals surface area contributed by atoms with Crippen molar-refractivity contribution in [3.8, 4) is 5.75 Å². The number of hydrogen-bond donors (Lipinski definition) is 0. The van der Waals surface area contributed by atoms with Gasteiger partial charge in [-0.2, -0.15) is 0 Å². The lowest BCUT2D eigenvalue weighted by molar-refractivity contribution is -0.384. The number of hydrogen-bond acceptors (Lipinski definition) is 8. The summed E-state index contributed by atoms with van der Waals surface area (Å²) in [4.78, 5) is 42.0. The molecule has 4 rings (SSSR count). The molecular formula is C23H20ClN3O6S. The number of ether oxygens (including phenoxy) is 2. The number of nitro groups is 1. The average molecular weight is 502 g/mol. The number of nitro benzene ring substituents is 1. The Morgan fingerprint density at radius 2 is 2.09 bits per heavy atom. The number of thioether (sulfide) groups is 1. The standard InChI is InChI=1S/C23H20ClN3O6S/c1-32-18-7-5-14(6-8-18)12-33-23(29)20-16(10-24)13-34-22-19(21(28)26(20)22)25-11-15-3-2-4-17(9-15)27(30)31/h2-9,11,19,22H,10,12-13H2,1H3/b25-11+/t19-,22-/m1/s1. The molecule has 0 unspecified atom stereocenters. The smallest absolute Gasteiger partial charge is 0.355 e. The van der Waals surface area contributed by atoms with Crippen LogP contribution in [-0.2, 0) is 20.9 Å². The van der Waals surface area contributed by atoms with E-state index in [0.29, 0.717) is 22.6 Å². The summed E-state index contributed by atoms with van der Waals surface area (Å²) in [6.45, 7) is 0.0378. The number of halogens is 1. The average Bonchev–Trinajstić information content (AvgIpc) is 2.86. The molecule has 9 nitrogen and oxygen atoms in total. The van der Waals surface area contributed by atoms with Gasteiger partial charge in [-0.15, -0.1) is 23.4 Å². The first kappa shape index (κ1) is 23.8. The lowest BCUT2D eigenvalue weighted by Crippen LogP contribution is -2.64. The summed E-state index contributed by atoms with van der Waals surface area (Å²) in [5.74, 6) is 0.285. The molecular weight excluding hydrogens is 482 g/mol. The van der Waals surface area contributed by atoms with E-state index in [-0.39, 0.29) is 35.2 Å². The predicted octanol–water partition coefficient (Wildman–Crippen LogP) is 3.54. The van der Waals surface area contributed by atoms with Crippen molar-refractivity contribution in [1.29, 1.82) is 0 Å². The fraction of sp³-hybridized carbons (Fsp3) is 0.261. The molecule has 2 heterocycles. The van der Waals surface area contributed by atoms with E-state index in [9.17, 15) is 19.7 Å². The molecule has 1 saturated heterocycles. The molecule has 0 aliphatic carbocycles. The Balaban J connectivity index is 1.46. The minimum atomic E-state index is -0.703. The molecule has 11 heteroatoms. The number of non-ortho nitro benzene ring substituents is 1. The van der Waals surface area contributed by atoms with Crippen LogP contribution in [-0.4, -0.2) is 58.1 Å². The molecule has 2 atom stereocenters. The molecule has 176 valence electrons. The molecule has 0 N–H and O–H groups in total. The predicted molar refractivity (Wildman–Crippen MR) is 128 cm³/mol. The van der Waals surface area contributed by atoms with Crippen molar-refractivity contribution in [1.82, 2.24) is 4.90 Å². The summed E-state index contributed by atoms with van der Waals surface area (Å²) in [6.07, 6.45) is 1.44. The number of carbonyl (C=O) groups excluding carboxylic acids is 2. The fourth-order valence-corrected chi connectivity index (χ4v) is 5.25. The Hall–Kier alpha value is -3.37. The van der Waals surface area contributed by atoms with Crippen LogP contribution in [0.4, 0.5) is 5.69 Å². The highest BCUT2D eigenvalue weighted by Crippen LogP contribution is 2.42. The third-order valence-corrected chi connectivity index (χ3v) is 7.02. The number of aliphatic imine (C=N–C) groups is 1. The number of amides is 1. The van der Waals surface area contributed by atoms with Crippen molar-refractivity contribution in [2.75, 3.05) is 18.7 Å². The zero-order valence-corrected chi connectivity index (χ0v) is 19.6. The molecule has 0 saturated carbocycles. The monoisotopic (exact) mass is 501 g/mol. The number of rotatable bonds is 8. The van der Waals surface area contributed by atoms with Crippen LogP contribution in [0, 0.1) is 10.1 Å². The summed E-state index contributed by atoms with van der Waals surface area (Å²) in [7, 11) is 1.57. The quantitative estimate of drug-likeness (QED) is 0.136. The van der Waals surface area contributed by atoms with Gasteiger partial charge in [-0.25, -0.2) is 4.79 Å². The highest BCUT2D eigenvalue weighted by atomic mass is 35.5. The molecule has 2 aromatic carbocycles. The van der Waals surface area contributed by atoms with Crippen LogP contribution in [0.2, 0.25) is 0 Å². The molecule has 2 aliphatic rings. The Kier molecular flexibility index (Phi) is 7.18. The van der Waals surface area contributed by atoms with E-state index in [4.69, 9.17) is 21.1 Å². The summed E-state index contributed by atoms with van der Waals surface area (Å²) in [6, 6.07) is 12.4. The van der Waals surface area contributed by atoms with Crippen molar-refractivity contribution < 1.29 is 24.0 Å². The number of benzene rings is 2. The SMILES string of the molecule is COc1ccc(COC(=O)C2=C(CCl)CS[C@@H]3[C@H](/N=C/c4cccc([N+](=O)[O-])c4)C(=O)N23)cc1. The number of alkyl halides is 1. The van der Waals surface area contributed by atoms with Crippen LogP contribution in [0.5, 0.6) is 5.75 Å². The van der Waals surface area contributed by atoms with Crippen LogP contribution < -0.4 is 4.74 Å². The van der Waals surface area contributed by atoms with Crippen LogP contribution in [0.25, 0.3) is 0 Å². The van der Waals surface area contributed by atoms with E-state index in [1.807, 2.05) is 0 Å². The van der Waals surface area contributed by atoms with Crippen molar-refractivity contribution in [3.05, 3.63) is 81.0 Å². The highest BCUT2D eigenvalue weighted by Gasteiger charge is 2.53. The maximum atomic E-state index is 12.9. The second kappa shape index (κ2) is 10.3. The molecule has 34 heavy (non-hydrogen) atoms. The molecule has 2 aliphatic heterocycles. The largest absolute Gasteiger partial charge is 0.497 e. The molecule has 0 spiro atoms. The van der Waals surface area contributed by atoms with E-state index in [2.05, 4.69) is 4.99 Å². The van der Waals surface area contributed by atoms with Crippen molar-refractivity contribution in [2.24, 2.45) is 4.99 Å². The lowest BCUT2D eigenvalue weighted by Gasteiger charge is -2.48. The normalized spacial score (nSPS) is 19.6. The summed E-state index contributed by atoms with van der Waals surface area (Å²) in [5.41, 5.74) is 2.01. The minimum absolute atomic E-state index is 0.0378. The van der Waals surface area contributed by atoms with E-state index < -0.39 is 16.9 Å². The Morgan fingerprint density at radius 1 is 1.32 bits per heavy atom. The Bertz CT molecular complexity index is 1180. The van der Waals surface area contributed by atoms with Crippen LogP contribution in [0.1, 0.15) is 11.1 Å². The molecule has 1 amide bonds. The van der Waals surface area contributed by atoms with Gasteiger partial charge in [0.15, 0.2) is 6.04 Å². The zero-order chi connectivity index (χ0) is 24.2. The Morgan fingerprint density at radius 3 is 2.76 bits per heavy atom. The van der Waals surface area contributed by atoms with Crippen molar-refractivity contribution in [2.45, 2.75) is 18.0 Å². The zero-order valence-electron chi connectivity index (χ0n) is 18.0. The number of carbonyl (C=O) groups is 2. The van der Waals surface area contributed by atoms with Crippen LogP contribution in [0.15, 0.2) is 64.8 Å². The second-order valence-corrected chi connectivity index (χ2v) is 8.87. The number of fused-ring (bicyclic) bond motifs is 1. The van der Waals surface area contributed by atoms with Gasteiger partial charge < -0.3 is 9.47 Å². The first-order valence-electron chi connectivity index (χ1n) is 10.2. The van der Waals surface area contributed by atoms with Gasteiger partial charge in [0.25, 0.3) is 11.6 Å². The highest BCUT2D eigenvalue weighted by molar-refractivity contribution is 8.00. The third-order valence-electron chi connectivity index (χ3n) is 5.37. The molecule has 0 bridgehead atoms. The number of methoxy groups -OCH3 is 1. The van der Waals surface area contributed by atoms with Gasteiger partial charge in [0.2, 0.25) is 0 Å². The minimum Gasteiger partial charge on any atom is -0.497 e. The Labute approximate surface area is 204 Å². The van der Waals surface area contributed by atoms with Gasteiger partial charge in [0.1, 0.15) is 23.4 Å². The first-order chi connectivity index (χ1) is 16.4. The molecule has 0 radical (unpaired) electrons. The maximum Gasteiger partial charge on any atom is 0.355 e. The molecule has 2 aromatic rings. The maximum absolute atomic E-state index is 12.9.